The Bertz CT molecular complexity index is 671. The lowest BCUT2D eigenvalue weighted by molar-refractivity contribution is -0.140. The average Bonchev–Trinajstić information content (AvgIpc) is 3.05. The summed E-state index contributed by atoms with van der Waals surface area (Å²) >= 11 is 1.76. The van der Waals surface area contributed by atoms with Gasteiger partial charge in [-0.05, 0) is 44.2 Å². The van der Waals surface area contributed by atoms with Crippen molar-refractivity contribution < 1.29 is 9.53 Å². The molecule has 1 aromatic carbocycles. The third-order valence-electron chi connectivity index (χ3n) is 5.10. The monoisotopic (exact) mass is 312 g/mol. The van der Waals surface area contributed by atoms with Crippen molar-refractivity contribution >= 4 is 17.7 Å². The molecule has 4 rings (SSSR count). The van der Waals surface area contributed by atoms with Crippen LogP contribution in [0.2, 0.25) is 0 Å². The van der Waals surface area contributed by atoms with Gasteiger partial charge in [-0.1, -0.05) is 41.6 Å². The van der Waals surface area contributed by atoms with Crippen molar-refractivity contribution in [2.24, 2.45) is 23.7 Å². The molecule has 1 saturated carbocycles. The van der Waals surface area contributed by atoms with Crippen molar-refractivity contribution in [1.82, 2.24) is 0 Å². The van der Waals surface area contributed by atoms with Crippen LogP contribution in [-0.4, -0.2) is 12.6 Å². The molecule has 0 unspecified atom stereocenters. The summed E-state index contributed by atoms with van der Waals surface area (Å²) in [6, 6.07) is 8.55. The lowest BCUT2D eigenvalue weighted by atomic mass is 9.68. The number of aryl methyl sites for hydroxylation is 1. The van der Waals surface area contributed by atoms with Crippen molar-refractivity contribution in [3.63, 3.8) is 0 Å². The molecule has 0 amide bonds. The maximum atomic E-state index is 12.4. The fourth-order valence-electron chi connectivity index (χ4n) is 4.12. The molecule has 114 valence electrons. The average molecular weight is 312 g/mol. The van der Waals surface area contributed by atoms with Crippen LogP contribution in [0.3, 0.4) is 0 Å². The fraction of sp³-hybridized carbons (Fsp3) is 0.421. The minimum absolute atomic E-state index is 0.0979. The number of hydrogen-bond acceptors (Lipinski definition) is 3. The van der Waals surface area contributed by atoms with Crippen LogP contribution in [-0.2, 0) is 9.53 Å². The van der Waals surface area contributed by atoms with Gasteiger partial charge >= 0.3 is 5.97 Å². The van der Waals surface area contributed by atoms with E-state index in [0.717, 1.165) is 5.57 Å². The first kappa shape index (κ1) is 14.1. The molecule has 1 aromatic rings. The number of rotatable bonds is 4. The van der Waals surface area contributed by atoms with E-state index in [9.17, 15) is 4.79 Å². The van der Waals surface area contributed by atoms with Crippen LogP contribution >= 0.6 is 11.8 Å². The zero-order valence-corrected chi connectivity index (χ0v) is 13.7. The highest BCUT2D eigenvalue weighted by Gasteiger charge is 2.57. The Kier molecular flexibility index (Phi) is 3.41. The summed E-state index contributed by atoms with van der Waals surface area (Å²) in [5.41, 5.74) is 2.22. The highest BCUT2D eigenvalue weighted by Crippen LogP contribution is 2.64. The van der Waals surface area contributed by atoms with Crippen molar-refractivity contribution in [2.75, 3.05) is 6.61 Å². The first-order chi connectivity index (χ1) is 10.7. The number of allylic oxidation sites excluding steroid dienone is 3. The predicted molar refractivity (Wildman–Crippen MR) is 88.4 cm³/mol. The minimum Gasteiger partial charge on any atom is -0.463 e. The highest BCUT2D eigenvalue weighted by molar-refractivity contribution is 8.03. The van der Waals surface area contributed by atoms with Crippen LogP contribution in [0.1, 0.15) is 18.9 Å². The Labute approximate surface area is 135 Å². The Morgan fingerprint density at radius 1 is 1.18 bits per heavy atom. The van der Waals surface area contributed by atoms with Crippen molar-refractivity contribution in [1.29, 1.82) is 0 Å². The Morgan fingerprint density at radius 2 is 1.86 bits per heavy atom. The number of benzene rings is 1. The molecule has 0 aromatic heterocycles. The van der Waals surface area contributed by atoms with E-state index in [1.54, 1.807) is 11.8 Å². The molecule has 3 aliphatic rings. The zero-order valence-electron chi connectivity index (χ0n) is 12.9. The van der Waals surface area contributed by atoms with Crippen molar-refractivity contribution in [3.05, 3.63) is 52.5 Å². The number of carbonyl (C=O) groups excluding carboxylic acids is 1. The Hall–Kier alpha value is -1.48. The molecule has 0 aliphatic heterocycles. The molecule has 0 radical (unpaired) electrons. The summed E-state index contributed by atoms with van der Waals surface area (Å²) in [4.78, 5) is 14.9. The van der Waals surface area contributed by atoms with Crippen LogP contribution in [0, 0.1) is 30.6 Å². The molecule has 3 heteroatoms. The first-order valence-corrected chi connectivity index (χ1v) is 8.84. The molecule has 4 atom stereocenters. The van der Waals surface area contributed by atoms with Crippen LogP contribution < -0.4 is 0 Å². The zero-order chi connectivity index (χ0) is 15.3. The molecular formula is C19H20O2S. The number of fused-ring (bicyclic) bond motifs is 5. The molecule has 22 heavy (non-hydrogen) atoms. The molecule has 3 aliphatic carbocycles. The van der Waals surface area contributed by atoms with Crippen LogP contribution in [0.5, 0.6) is 0 Å². The maximum absolute atomic E-state index is 12.4. The van der Waals surface area contributed by atoms with E-state index in [2.05, 4.69) is 43.3 Å². The van der Waals surface area contributed by atoms with Gasteiger partial charge in [0.1, 0.15) is 0 Å². The molecule has 0 saturated heterocycles. The topological polar surface area (TPSA) is 26.3 Å². The molecule has 0 spiro atoms. The molecule has 1 fully saturated rings. The Morgan fingerprint density at radius 3 is 2.55 bits per heavy atom. The summed E-state index contributed by atoms with van der Waals surface area (Å²) < 4.78 is 5.31. The van der Waals surface area contributed by atoms with Gasteiger partial charge < -0.3 is 4.74 Å². The number of carbonyl (C=O) groups is 1. The second-order valence-corrected chi connectivity index (χ2v) is 7.53. The summed E-state index contributed by atoms with van der Waals surface area (Å²) in [5.74, 6) is 2.03. The fourth-order valence-corrected chi connectivity index (χ4v) is 5.44. The highest BCUT2D eigenvalue weighted by atomic mass is 32.2. The number of esters is 1. The predicted octanol–water partition coefficient (Wildman–Crippen LogP) is 4.36. The van der Waals surface area contributed by atoms with Crippen molar-refractivity contribution in [3.8, 4) is 0 Å². The van der Waals surface area contributed by atoms with Gasteiger partial charge in [0.05, 0.1) is 12.2 Å². The summed E-state index contributed by atoms with van der Waals surface area (Å²) in [6.45, 7) is 4.42. The van der Waals surface area contributed by atoms with Crippen LogP contribution in [0.4, 0.5) is 0 Å². The van der Waals surface area contributed by atoms with E-state index in [4.69, 9.17) is 4.74 Å². The van der Waals surface area contributed by atoms with E-state index in [0.29, 0.717) is 30.3 Å². The van der Waals surface area contributed by atoms with E-state index in [-0.39, 0.29) is 5.97 Å². The van der Waals surface area contributed by atoms with Gasteiger partial charge in [-0.3, -0.25) is 0 Å². The van der Waals surface area contributed by atoms with Gasteiger partial charge in [-0.15, -0.1) is 0 Å². The number of hydrogen-bond donors (Lipinski definition) is 0. The number of ether oxygens (including phenoxy) is 1. The van der Waals surface area contributed by atoms with Crippen LogP contribution in [0.15, 0.2) is 51.8 Å². The normalized spacial score (nSPS) is 31.2. The summed E-state index contributed by atoms with van der Waals surface area (Å²) in [6.07, 6.45) is 5.86. The minimum atomic E-state index is -0.0979. The van der Waals surface area contributed by atoms with E-state index >= 15 is 0 Å². The van der Waals surface area contributed by atoms with Crippen molar-refractivity contribution in [2.45, 2.75) is 25.2 Å². The van der Waals surface area contributed by atoms with E-state index in [1.165, 1.54) is 21.8 Å². The van der Waals surface area contributed by atoms with Gasteiger partial charge in [0.25, 0.3) is 0 Å². The third-order valence-corrected chi connectivity index (χ3v) is 6.32. The quantitative estimate of drug-likeness (QED) is 0.610. The largest absolute Gasteiger partial charge is 0.463 e. The Balaban J connectivity index is 1.65. The standard InChI is InChI=1S/C19H20O2S/c1-3-21-19(20)17-15-12-6-7-13(10-12)16(15)18(17)22-14-8-4-11(2)5-9-14/h4-9,12-13,15-16H,3,10H2,1-2H3/t12-,13+,15+,16-/m1/s1. The lowest BCUT2D eigenvalue weighted by Gasteiger charge is -2.41. The van der Waals surface area contributed by atoms with Gasteiger partial charge in [-0.25, -0.2) is 4.79 Å². The molecular weight excluding hydrogens is 292 g/mol. The van der Waals surface area contributed by atoms with Gasteiger partial charge in [0, 0.05) is 21.6 Å². The summed E-state index contributed by atoms with van der Waals surface area (Å²) in [7, 11) is 0. The van der Waals surface area contributed by atoms with Gasteiger partial charge in [0.2, 0.25) is 0 Å². The molecule has 2 bridgehead atoms. The van der Waals surface area contributed by atoms with E-state index in [1.807, 2.05) is 6.92 Å². The SMILES string of the molecule is CCOC(=O)C1=C(Sc2ccc(C)cc2)[C@H]2[C@@H]1[C@@H]1C=C[C@H]2C1. The second kappa shape index (κ2) is 5.31. The maximum Gasteiger partial charge on any atom is 0.335 e. The smallest absolute Gasteiger partial charge is 0.335 e. The summed E-state index contributed by atoms with van der Waals surface area (Å²) in [5, 5.41) is 0. The molecule has 2 nitrogen and oxygen atoms in total. The van der Waals surface area contributed by atoms with E-state index < -0.39 is 0 Å². The van der Waals surface area contributed by atoms with Gasteiger partial charge in [-0.2, -0.15) is 0 Å². The van der Waals surface area contributed by atoms with Crippen LogP contribution in [0.25, 0.3) is 0 Å². The van der Waals surface area contributed by atoms with Gasteiger partial charge in [0.15, 0.2) is 0 Å². The lowest BCUT2D eigenvalue weighted by Crippen LogP contribution is -2.37. The molecule has 0 heterocycles. The first-order valence-electron chi connectivity index (χ1n) is 8.03. The second-order valence-electron chi connectivity index (χ2n) is 6.41. The number of thioether (sulfide) groups is 1. The third kappa shape index (κ3) is 2.06. The molecule has 0 N–H and O–H groups in total.